The van der Waals surface area contributed by atoms with Crippen LogP contribution in [0, 0.1) is 17.3 Å². The quantitative estimate of drug-likeness (QED) is 0.128. The highest BCUT2D eigenvalue weighted by Gasteiger charge is 2.59. The zero-order chi connectivity index (χ0) is 41.0. The van der Waals surface area contributed by atoms with Gasteiger partial charge in [0.25, 0.3) is 0 Å². The highest BCUT2D eigenvalue weighted by Crippen LogP contribution is 2.62. The topological polar surface area (TPSA) is 142 Å². The lowest BCUT2D eigenvalue weighted by molar-refractivity contribution is -0.323. The van der Waals surface area contributed by atoms with Crippen molar-refractivity contribution in [1.82, 2.24) is 0 Å². The van der Waals surface area contributed by atoms with Gasteiger partial charge in [0.05, 0.1) is 6.10 Å². The lowest BCUT2D eigenvalue weighted by Crippen LogP contribution is -2.63. The van der Waals surface area contributed by atoms with Gasteiger partial charge in [-0.05, 0) is 96.1 Å². The lowest BCUT2D eigenvalue weighted by atomic mass is 9.55. The number of hydrogen-bond acceptors (Lipinski definition) is 12. The number of hydrogen-bond donors (Lipinski definition) is 0. The Morgan fingerprint density at radius 1 is 0.690 bits per heavy atom. The Hall–Kier alpha value is -4.94. The highest BCUT2D eigenvalue weighted by molar-refractivity contribution is 5.68. The highest BCUT2D eigenvalue weighted by atomic mass is 16.7. The number of aryl methyl sites for hydroxylation is 1. The first-order valence-corrected chi connectivity index (χ1v) is 20.4. The Morgan fingerprint density at radius 2 is 1.28 bits per heavy atom. The van der Waals surface area contributed by atoms with Crippen molar-refractivity contribution in [2.75, 3.05) is 6.61 Å². The maximum Gasteiger partial charge on any atom is 0.303 e. The minimum absolute atomic E-state index is 0.247. The van der Waals surface area contributed by atoms with E-state index < -0.39 is 54.6 Å². The summed E-state index contributed by atoms with van der Waals surface area (Å²) in [6, 6.07) is 24.7. The van der Waals surface area contributed by atoms with E-state index in [0.29, 0.717) is 31.0 Å². The monoisotopic (exact) mass is 798 g/mol. The molecule has 0 bridgehead atoms. The lowest BCUT2D eigenvalue weighted by Gasteiger charge is -2.52. The summed E-state index contributed by atoms with van der Waals surface area (Å²) in [5.41, 5.74) is 4.53. The fourth-order valence-electron chi connectivity index (χ4n) is 9.91. The van der Waals surface area contributed by atoms with E-state index in [1.165, 1.54) is 38.8 Å². The molecule has 7 rings (SSSR count). The van der Waals surface area contributed by atoms with Gasteiger partial charge in [0.1, 0.15) is 25.9 Å². The van der Waals surface area contributed by atoms with Gasteiger partial charge in [-0.1, -0.05) is 67.6 Å². The van der Waals surface area contributed by atoms with Crippen molar-refractivity contribution in [3.05, 3.63) is 95.1 Å². The van der Waals surface area contributed by atoms with E-state index in [0.717, 1.165) is 61.2 Å². The molecule has 3 unspecified atom stereocenters. The summed E-state index contributed by atoms with van der Waals surface area (Å²) < 4.78 is 48.4. The largest absolute Gasteiger partial charge is 0.485 e. The molecule has 10 atom stereocenters. The van der Waals surface area contributed by atoms with Crippen LogP contribution in [0.3, 0.4) is 0 Å². The van der Waals surface area contributed by atoms with Crippen molar-refractivity contribution in [2.24, 2.45) is 17.3 Å². The van der Waals surface area contributed by atoms with Gasteiger partial charge in [-0.2, -0.15) is 0 Å². The van der Waals surface area contributed by atoms with Crippen molar-refractivity contribution < 1.29 is 57.1 Å². The van der Waals surface area contributed by atoms with Crippen LogP contribution in [0.2, 0.25) is 0 Å². The van der Waals surface area contributed by atoms with Crippen LogP contribution in [0.15, 0.2) is 72.8 Å². The maximum absolute atomic E-state index is 12.5. The number of fused-ring (bicyclic) bond motifs is 5. The van der Waals surface area contributed by atoms with Gasteiger partial charge >= 0.3 is 23.9 Å². The molecular formula is C46H54O12. The van der Waals surface area contributed by atoms with Gasteiger partial charge in [0.15, 0.2) is 36.1 Å². The normalized spacial score (nSPS) is 29.8. The molecule has 0 amide bonds. The molecule has 3 aromatic carbocycles. The zero-order valence-electron chi connectivity index (χ0n) is 33.9. The van der Waals surface area contributed by atoms with Crippen LogP contribution in [0.5, 0.6) is 11.5 Å². The van der Waals surface area contributed by atoms with Gasteiger partial charge < -0.3 is 37.9 Å². The van der Waals surface area contributed by atoms with Crippen LogP contribution in [-0.2, 0) is 67.2 Å². The molecular weight excluding hydrogens is 744 g/mol. The van der Waals surface area contributed by atoms with Crippen LogP contribution in [-0.4, -0.2) is 67.3 Å². The summed E-state index contributed by atoms with van der Waals surface area (Å²) in [6.45, 7) is 7.74. The molecule has 2 saturated carbocycles. The average molecular weight is 799 g/mol. The first-order chi connectivity index (χ1) is 27.9. The molecule has 0 spiro atoms. The molecule has 1 aliphatic heterocycles. The van der Waals surface area contributed by atoms with Crippen LogP contribution in [0.4, 0.5) is 0 Å². The number of carbonyl (C=O) groups excluding carboxylic acids is 4. The van der Waals surface area contributed by atoms with Crippen molar-refractivity contribution in [3.8, 4) is 11.5 Å². The molecule has 1 heterocycles. The van der Waals surface area contributed by atoms with Crippen LogP contribution < -0.4 is 9.47 Å². The molecule has 1 saturated heterocycles. The molecule has 3 aromatic rings. The molecule has 12 nitrogen and oxygen atoms in total. The van der Waals surface area contributed by atoms with Crippen molar-refractivity contribution in [3.63, 3.8) is 0 Å². The molecule has 4 aliphatic rings. The molecule has 310 valence electrons. The van der Waals surface area contributed by atoms with Gasteiger partial charge in [-0.25, -0.2) is 0 Å². The first kappa shape index (κ1) is 41.2. The summed E-state index contributed by atoms with van der Waals surface area (Å²) >= 11 is 0. The SMILES string of the molecule is CC(=O)OC[C@H]1O[C@@H](O[C@H]2CCC3C4CCc5cc(OCc6ccccc6)c(OCc6ccccc6)cc5C4CC[C@@]32C)[C@H](OC(C)=O)[C@@H](OC(C)=O)[C@@H]1OC(C)=O. The Bertz CT molecular complexity index is 1930. The van der Waals surface area contributed by atoms with E-state index in [-0.39, 0.29) is 18.1 Å². The van der Waals surface area contributed by atoms with Crippen molar-refractivity contribution in [2.45, 2.75) is 129 Å². The van der Waals surface area contributed by atoms with E-state index in [2.05, 4.69) is 43.3 Å². The molecule has 0 N–H and O–H groups in total. The Labute approximate surface area is 339 Å². The van der Waals surface area contributed by atoms with Crippen molar-refractivity contribution in [1.29, 1.82) is 0 Å². The second-order valence-electron chi connectivity index (χ2n) is 16.3. The number of esters is 4. The fourth-order valence-corrected chi connectivity index (χ4v) is 9.91. The number of ether oxygens (including phenoxy) is 8. The molecule has 3 fully saturated rings. The van der Waals surface area contributed by atoms with Gasteiger partial charge in [-0.15, -0.1) is 0 Å². The molecule has 12 heteroatoms. The average Bonchev–Trinajstić information content (AvgIpc) is 3.53. The predicted molar refractivity (Wildman–Crippen MR) is 209 cm³/mol. The summed E-state index contributed by atoms with van der Waals surface area (Å²) in [7, 11) is 0. The van der Waals surface area contributed by atoms with E-state index in [1.807, 2.05) is 36.4 Å². The number of carbonyl (C=O) groups is 4. The van der Waals surface area contributed by atoms with Crippen molar-refractivity contribution >= 4 is 23.9 Å². The molecule has 0 radical (unpaired) electrons. The second kappa shape index (κ2) is 17.9. The van der Waals surface area contributed by atoms with Crippen LogP contribution >= 0.6 is 0 Å². The summed E-state index contributed by atoms with van der Waals surface area (Å²) in [6.07, 6.45) is -0.922. The number of rotatable bonds is 13. The number of benzene rings is 3. The van der Waals surface area contributed by atoms with Crippen LogP contribution in [0.1, 0.15) is 94.9 Å². The summed E-state index contributed by atoms with van der Waals surface area (Å²) in [5.74, 6) is -0.0468. The Balaban J connectivity index is 1.13. The smallest absolute Gasteiger partial charge is 0.303 e. The third-order valence-corrected chi connectivity index (χ3v) is 12.4. The first-order valence-electron chi connectivity index (χ1n) is 20.4. The van der Waals surface area contributed by atoms with Gasteiger partial charge in [-0.3, -0.25) is 19.2 Å². The zero-order valence-corrected chi connectivity index (χ0v) is 33.9. The minimum Gasteiger partial charge on any atom is -0.485 e. The third-order valence-electron chi connectivity index (χ3n) is 12.4. The van der Waals surface area contributed by atoms with Crippen LogP contribution in [0.25, 0.3) is 0 Å². The van der Waals surface area contributed by atoms with E-state index >= 15 is 0 Å². The Kier molecular flexibility index (Phi) is 12.7. The standard InChI is InChI=1S/C46H54O12/c1-27(47)51-26-40-42(54-28(2)48)43(55-29(3)49)44(56-30(4)50)45(57-40)58-41-19-18-37-35-17-16-33-22-38(52-24-31-12-8-6-9-13-31)39(53-25-32-14-10-7-11-15-32)23-36(33)34(35)20-21-46(37,41)5/h6-15,22-23,34-35,37,40-45H,16-21,24-26H2,1-5H3/t34?,35?,37?,40-,41+,42-,43+,44-,45+,46+/m1/s1. The van der Waals surface area contributed by atoms with E-state index in [4.69, 9.17) is 37.9 Å². The third kappa shape index (κ3) is 9.18. The molecule has 0 aromatic heterocycles. The minimum atomic E-state index is -1.28. The fraction of sp³-hybridized carbons (Fsp3) is 0.522. The van der Waals surface area contributed by atoms with E-state index in [9.17, 15) is 19.2 Å². The van der Waals surface area contributed by atoms with Gasteiger partial charge in [0.2, 0.25) is 0 Å². The molecule has 3 aliphatic carbocycles. The maximum atomic E-state index is 12.5. The van der Waals surface area contributed by atoms with Gasteiger partial charge in [0, 0.05) is 27.7 Å². The Morgan fingerprint density at radius 3 is 1.88 bits per heavy atom. The summed E-state index contributed by atoms with van der Waals surface area (Å²) in [4.78, 5) is 49.0. The van der Waals surface area contributed by atoms with E-state index in [1.54, 1.807) is 0 Å². The second-order valence-corrected chi connectivity index (χ2v) is 16.3. The molecule has 58 heavy (non-hydrogen) atoms. The predicted octanol–water partition coefficient (Wildman–Crippen LogP) is 7.17. The summed E-state index contributed by atoms with van der Waals surface area (Å²) in [5, 5.41) is 0.